The highest BCUT2D eigenvalue weighted by atomic mass is 32.2. The van der Waals surface area contributed by atoms with Crippen molar-refractivity contribution >= 4 is 10.1 Å². The molecule has 2 N–H and O–H groups in total. The zero-order chi connectivity index (χ0) is 17.1. The third-order valence-electron chi connectivity index (χ3n) is 4.12. The summed E-state index contributed by atoms with van der Waals surface area (Å²) in [5.41, 5.74) is 0.829. The van der Waals surface area contributed by atoms with Gasteiger partial charge in [-0.3, -0.25) is 4.55 Å². The van der Waals surface area contributed by atoms with E-state index in [0.29, 0.717) is 0 Å². The fourth-order valence-corrected chi connectivity index (χ4v) is 3.37. The molecular formula is C18H30O4S. The van der Waals surface area contributed by atoms with Crippen LogP contribution in [0.2, 0.25) is 0 Å². The average Bonchev–Trinajstić information content (AvgIpc) is 2.49. The van der Waals surface area contributed by atoms with Crippen molar-refractivity contribution in [1.29, 1.82) is 0 Å². The molecule has 5 heteroatoms. The smallest absolute Gasteiger partial charge is 0.298 e. The Labute approximate surface area is 140 Å². The van der Waals surface area contributed by atoms with Crippen molar-refractivity contribution in [3.05, 3.63) is 23.8 Å². The second-order valence-electron chi connectivity index (χ2n) is 6.21. The van der Waals surface area contributed by atoms with Crippen LogP contribution in [0.4, 0.5) is 0 Å². The molecule has 0 bridgehead atoms. The normalized spacial score (nSPS) is 11.7. The maximum Gasteiger partial charge on any atom is 0.298 e. The topological polar surface area (TPSA) is 74.6 Å². The Morgan fingerprint density at radius 2 is 1.39 bits per heavy atom. The van der Waals surface area contributed by atoms with E-state index in [4.69, 9.17) is 4.55 Å². The van der Waals surface area contributed by atoms with Crippen molar-refractivity contribution in [2.24, 2.45) is 0 Å². The van der Waals surface area contributed by atoms with Crippen LogP contribution < -0.4 is 0 Å². The van der Waals surface area contributed by atoms with Crippen LogP contribution in [0, 0.1) is 0 Å². The van der Waals surface area contributed by atoms with E-state index in [-0.39, 0.29) is 0 Å². The van der Waals surface area contributed by atoms with Crippen molar-refractivity contribution in [2.45, 2.75) is 82.4 Å². The largest absolute Gasteiger partial charge is 0.506 e. The molecule has 0 aliphatic carbocycles. The molecule has 1 aromatic rings. The van der Waals surface area contributed by atoms with Gasteiger partial charge in [-0.05, 0) is 30.5 Å². The second-order valence-corrected chi connectivity index (χ2v) is 7.60. The first-order valence-corrected chi connectivity index (χ1v) is 10.2. The first-order valence-electron chi connectivity index (χ1n) is 8.74. The Bertz CT molecular complexity index is 552. The minimum atomic E-state index is -4.36. The molecule has 0 aliphatic heterocycles. The van der Waals surface area contributed by atoms with Crippen LogP contribution in [0.3, 0.4) is 0 Å². The van der Waals surface area contributed by atoms with E-state index >= 15 is 0 Å². The number of unbranched alkanes of at least 4 members (excludes halogenated alkanes) is 9. The van der Waals surface area contributed by atoms with Gasteiger partial charge in [-0.15, -0.1) is 0 Å². The van der Waals surface area contributed by atoms with Crippen LogP contribution in [-0.2, 0) is 16.5 Å². The monoisotopic (exact) mass is 342 g/mol. The molecule has 1 rings (SSSR count). The van der Waals surface area contributed by atoms with Gasteiger partial charge < -0.3 is 5.11 Å². The number of aromatic hydroxyl groups is 1. The lowest BCUT2D eigenvalue weighted by atomic mass is 10.0. The van der Waals surface area contributed by atoms with Crippen molar-refractivity contribution in [3.8, 4) is 5.75 Å². The number of phenols is 1. The Balaban J connectivity index is 2.19. The molecule has 0 saturated heterocycles. The SMILES string of the molecule is CCCCCCCCCCCCc1ccc(O)c(S(=O)(=O)O)c1. The Morgan fingerprint density at radius 1 is 0.870 bits per heavy atom. The molecule has 132 valence electrons. The van der Waals surface area contributed by atoms with Gasteiger partial charge in [0.15, 0.2) is 0 Å². The lowest BCUT2D eigenvalue weighted by Crippen LogP contribution is -2.00. The van der Waals surface area contributed by atoms with Gasteiger partial charge in [0.25, 0.3) is 10.1 Å². The first-order chi connectivity index (χ1) is 10.9. The molecule has 0 heterocycles. The van der Waals surface area contributed by atoms with Gasteiger partial charge in [-0.2, -0.15) is 8.42 Å². The quantitative estimate of drug-likeness (QED) is 0.409. The number of hydrogen-bond donors (Lipinski definition) is 2. The fraction of sp³-hybridized carbons (Fsp3) is 0.667. The van der Waals surface area contributed by atoms with Crippen molar-refractivity contribution in [1.82, 2.24) is 0 Å². The van der Waals surface area contributed by atoms with Crippen LogP contribution in [0.1, 0.15) is 76.7 Å². The lowest BCUT2D eigenvalue weighted by Gasteiger charge is -2.06. The zero-order valence-corrected chi connectivity index (χ0v) is 14.9. The summed E-state index contributed by atoms with van der Waals surface area (Å²) in [4.78, 5) is -0.401. The van der Waals surface area contributed by atoms with E-state index in [1.807, 2.05) is 0 Å². The Morgan fingerprint density at radius 3 is 1.91 bits per heavy atom. The summed E-state index contributed by atoms with van der Waals surface area (Å²) in [6.07, 6.45) is 13.3. The summed E-state index contributed by atoms with van der Waals surface area (Å²) < 4.78 is 31.3. The number of phenolic OH excluding ortho intramolecular Hbond substituents is 1. The minimum Gasteiger partial charge on any atom is -0.506 e. The molecule has 0 amide bonds. The highest BCUT2D eigenvalue weighted by molar-refractivity contribution is 7.86. The second kappa shape index (κ2) is 10.7. The van der Waals surface area contributed by atoms with Crippen LogP contribution in [-0.4, -0.2) is 18.1 Å². The van der Waals surface area contributed by atoms with E-state index in [1.165, 1.54) is 63.5 Å². The summed E-state index contributed by atoms with van der Waals surface area (Å²) in [5.74, 6) is -0.403. The predicted molar refractivity (Wildman–Crippen MR) is 93.5 cm³/mol. The molecule has 0 aliphatic rings. The van der Waals surface area contributed by atoms with Crippen molar-refractivity contribution in [2.75, 3.05) is 0 Å². The van der Waals surface area contributed by atoms with Crippen molar-refractivity contribution < 1.29 is 18.1 Å². The molecule has 0 aromatic heterocycles. The zero-order valence-electron chi connectivity index (χ0n) is 14.1. The Hall–Kier alpha value is -1.07. The number of aryl methyl sites for hydroxylation is 1. The standard InChI is InChI=1S/C18H30O4S/c1-2-3-4-5-6-7-8-9-10-11-12-16-13-14-17(19)18(15-16)23(20,21)22/h13-15,19H,2-12H2,1H3,(H,20,21,22). The van der Waals surface area contributed by atoms with Crippen LogP contribution in [0.5, 0.6) is 5.75 Å². The molecule has 0 unspecified atom stereocenters. The number of benzene rings is 1. The lowest BCUT2D eigenvalue weighted by molar-refractivity contribution is 0.442. The third kappa shape index (κ3) is 8.37. The predicted octanol–water partition coefficient (Wildman–Crippen LogP) is 5.10. The molecule has 1 aromatic carbocycles. The van der Waals surface area contributed by atoms with Gasteiger partial charge in [0.05, 0.1) is 0 Å². The van der Waals surface area contributed by atoms with Gasteiger partial charge in [-0.1, -0.05) is 70.8 Å². The van der Waals surface area contributed by atoms with Crippen LogP contribution in [0.25, 0.3) is 0 Å². The number of rotatable bonds is 12. The molecule has 0 saturated carbocycles. The minimum absolute atomic E-state index is 0.401. The van der Waals surface area contributed by atoms with Crippen LogP contribution in [0.15, 0.2) is 23.1 Å². The first kappa shape index (κ1) is 20.0. The molecule has 0 radical (unpaired) electrons. The molecule has 23 heavy (non-hydrogen) atoms. The summed E-state index contributed by atoms with van der Waals surface area (Å²) in [6.45, 7) is 2.23. The molecule has 0 spiro atoms. The van der Waals surface area contributed by atoms with E-state index in [1.54, 1.807) is 6.07 Å². The summed E-state index contributed by atoms with van der Waals surface area (Å²) >= 11 is 0. The van der Waals surface area contributed by atoms with Crippen LogP contribution >= 0.6 is 0 Å². The summed E-state index contributed by atoms with van der Waals surface area (Å²) in [6, 6.07) is 4.39. The third-order valence-corrected chi connectivity index (χ3v) is 5.00. The van der Waals surface area contributed by atoms with Gasteiger partial charge >= 0.3 is 0 Å². The van der Waals surface area contributed by atoms with E-state index in [9.17, 15) is 13.5 Å². The van der Waals surface area contributed by atoms with Gasteiger partial charge in [-0.25, -0.2) is 0 Å². The number of hydrogen-bond acceptors (Lipinski definition) is 3. The van der Waals surface area contributed by atoms with Crippen molar-refractivity contribution in [3.63, 3.8) is 0 Å². The maximum atomic E-state index is 11.1. The highest BCUT2D eigenvalue weighted by Gasteiger charge is 2.15. The maximum absolute atomic E-state index is 11.1. The van der Waals surface area contributed by atoms with Gasteiger partial charge in [0.1, 0.15) is 10.6 Å². The van der Waals surface area contributed by atoms with Gasteiger partial charge in [0.2, 0.25) is 0 Å². The van der Waals surface area contributed by atoms with E-state index in [2.05, 4.69) is 6.92 Å². The molecule has 4 nitrogen and oxygen atoms in total. The van der Waals surface area contributed by atoms with Gasteiger partial charge in [0, 0.05) is 0 Å². The average molecular weight is 343 g/mol. The highest BCUT2D eigenvalue weighted by Crippen LogP contribution is 2.24. The molecule has 0 atom stereocenters. The Kier molecular flexibility index (Phi) is 9.26. The fourth-order valence-electron chi connectivity index (χ4n) is 2.74. The summed E-state index contributed by atoms with van der Waals surface area (Å²) in [5, 5.41) is 9.48. The summed E-state index contributed by atoms with van der Waals surface area (Å²) in [7, 11) is -4.36. The van der Waals surface area contributed by atoms with E-state index in [0.717, 1.165) is 24.8 Å². The van der Waals surface area contributed by atoms with E-state index < -0.39 is 20.8 Å². The molecule has 0 fully saturated rings. The molecular weight excluding hydrogens is 312 g/mol.